The third kappa shape index (κ3) is 2.39. The molecule has 0 aliphatic rings. The molecule has 1 aromatic heterocycles. The smallest absolute Gasteiger partial charge is 0.132 e. The van der Waals surface area contributed by atoms with Gasteiger partial charge in [-0.25, -0.2) is 0 Å². The van der Waals surface area contributed by atoms with Gasteiger partial charge in [-0.05, 0) is 25.1 Å². The molecular weight excluding hydrogens is 304 g/mol. The lowest BCUT2D eigenvalue weighted by molar-refractivity contribution is 0.0968. The Morgan fingerprint density at radius 2 is 2.12 bits per heavy atom. The van der Waals surface area contributed by atoms with Crippen molar-refractivity contribution >= 4 is 27.5 Å². The van der Waals surface area contributed by atoms with Crippen molar-refractivity contribution in [1.29, 1.82) is 0 Å². The van der Waals surface area contributed by atoms with E-state index in [1.54, 1.807) is 36.0 Å². The molecule has 90 valence electrons. The quantitative estimate of drug-likeness (QED) is 0.925. The van der Waals surface area contributed by atoms with Gasteiger partial charge in [-0.15, -0.1) is 0 Å². The first-order valence-corrected chi connectivity index (χ1v) is 6.26. The number of benzene rings is 1. The highest BCUT2D eigenvalue weighted by molar-refractivity contribution is 9.10. The maximum atomic E-state index is 10.6. The summed E-state index contributed by atoms with van der Waals surface area (Å²) < 4.78 is 2.53. The number of hydrogen-bond donors (Lipinski definition) is 1. The monoisotopic (exact) mass is 314 g/mol. The molecule has 3 nitrogen and oxygen atoms in total. The summed E-state index contributed by atoms with van der Waals surface area (Å²) >= 11 is 9.48. The lowest BCUT2D eigenvalue weighted by Gasteiger charge is -2.23. The van der Waals surface area contributed by atoms with Crippen LogP contribution in [0.15, 0.2) is 34.9 Å². The zero-order chi connectivity index (χ0) is 12.6. The predicted molar refractivity (Wildman–Crippen MR) is 71.0 cm³/mol. The van der Waals surface area contributed by atoms with Crippen LogP contribution in [0, 0.1) is 0 Å². The van der Waals surface area contributed by atoms with Gasteiger partial charge in [-0.2, -0.15) is 5.10 Å². The van der Waals surface area contributed by atoms with Gasteiger partial charge in [-0.3, -0.25) is 4.68 Å². The van der Waals surface area contributed by atoms with Crippen molar-refractivity contribution in [3.63, 3.8) is 0 Å². The minimum atomic E-state index is -1.20. The van der Waals surface area contributed by atoms with Crippen LogP contribution >= 0.6 is 27.5 Å². The lowest BCUT2D eigenvalue weighted by atomic mass is 9.93. The molecule has 0 aliphatic carbocycles. The van der Waals surface area contributed by atoms with Crippen LogP contribution in [0.2, 0.25) is 5.02 Å². The lowest BCUT2D eigenvalue weighted by Crippen LogP contribution is -2.24. The summed E-state index contributed by atoms with van der Waals surface area (Å²) in [4.78, 5) is 0. The van der Waals surface area contributed by atoms with E-state index in [1.165, 1.54) is 0 Å². The summed E-state index contributed by atoms with van der Waals surface area (Å²) in [5.41, 5.74) is 0.0178. The molecule has 0 saturated heterocycles. The molecule has 0 aliphatic heterocycles. The largest absolute Gasteiger partial charge is 0.379 e. The fourth-order valence-electron chi connectivity index (χ4n) is 1.70. The van der Waals surface area contributed by atoms with Gasteiger partial charge in [0.1, 0.15) is 5.60 Å². The van der Waals surface area contributed by atoms with E-state index in [9.17, 15) is 5.11 Å². The molecule has 17 heavy (non-hydrogen) atoms. The summed E-state index contributed by atoms with van der Waals surface area (Å²) in [5, 5.41) is 15.3. The highest BCUT2D eigenvalue weighted by Gasteiger charge is 2.30. The number of halogens is 2. The van der Waals surface area contributed by atoms with Gasteiger partial charge in [0.05, 0.1) is 5.69 Å². The van der Waals surface area contributed by atoms with Gasteiger partial charge in [0.15, 0.2) is 0 Å². The Morgan fingerprint density at radius 1 is 1.41 bits per heavy atom. The molecule has 1 atom stereocenters. The van der Waals surface area contributed by atoms with Crippen molar-refractivity contribution in [2.75, 3.05) is 0 Å². The van der Waals surface area contributed by atoms with E-state index < -0.39 is 5.60 Å². The average molecular weight is 316 g/mol. The number of nitrogens with zero attached hydrogens (tertiary/aromatic N) is 2. The van der Waals surface area contributed by atoms with Gasteiger partial charge in [-0.1, -0.05) is 33.6 Å². The highest BCUT2D eigenvalue weighted by atomic mass is 79.9. The standard InChI is InChI=1S/C12H12BrClN2O/c1-12(17,11-5-6-16(2)15-11)9-4-3-8(13)7-10(9)14/h3-7,17H,1-2H3. The Hall–Kier alpha value is -0.840. The third-order valence-corrected chi connectivity index (χ3v) is 3.47. The van der Waals surface area contributed by atoms with Crippen LogP contribution < -0.4 is 0 Å². The van der Waals surface area contributed by atoms with Crippen LogP contribution in [0.5, 0.6) is 0 Å². The molecule has 5 heteroatoms. The number of aliphatic hydroxyl groups is 1. The van der Waals surface area contributed by atoms with Gasteiger partial charge in [0, 0.05) is 28.3 Å². The van der Waals surface area contributed by atoms with Gasteiger partial charge < -0.3 is 5.11 Å². The molecule has 0 spiro atoms. The highest BCUT2D eigenvalue weighted by Crippen LogP contribution is 2.34. The van der Waals surface area contributed by atoms with E-state index in [1.807, 2.05) is 13.1 Å². The van der Waals surface area contributed by atoms with E-state index in [0.29, 0.717) is 16.3 Å². The van der Waals surface area contributed by atoms with Crippen LogP contribution in [0.4, 0.5) is 0 Å². The first-order valence-electron chi connectivity index (χ1n) is 5.09. The van der Waals surface area contributed by atoms with Crippen molar-refractivity contribution in [3.05, 3.63) is 51.2 Å². The van der Waals surface area contributed by atoms with E-state index in [4.69, 9.17) is 11.6 Å². The van der Waals surface area contributed by atoms with E-state index >= 15 is 0 Å². The zero-order valence-electron chi connectivity index (χ0n) is 9.48. The van der Waals surface area contributed by atoms with Crippen molar-refractivity contribution in [2.24, 2.45) is 7.05 Å². The van der Waals surface area contributed by atoms with Crippen LogP contribution in [0.25, 0.3) is 0 Å². The van der Waals surface area contributed by atoms with Gasteiger partial charge in [0.25, 0.3) is 0 Å². The summed E-state index contributed by atoms with van der Waals surface area (Å²) in [7, 11) is 1.81. The van der Waals surface area contributed by atoms with Crippen molar-refractivity contribution in [3.8, 4) is 0 Å². The number of rotatable bonds is 2. The third-order valence-electron chi connectivity index (χ3n) is 2.67. The molecule has 0 fully saturated rings. The molecule has 0 bridgehead atoms. The molecule has 0 radical (unpaired) electrons. The van der Waals surface area contributed by atoms with Crippen molar-refractivity contribution in [2.45, 2.75) is 12.5 Å². The summed E-state index contributed by atoms with van der Waals surface area (Å²) in [5.74, 6) is 0. The Bertz CT molecular complexity index is 551. The maximum absolute atomic E-state index is 10.6. The molecule has 2 aromatic rings. The zero-order valence-corrected chi connectivity index (χ0v) is 11.8. The summed E-state index contributed by atoms with van der Waals surface area (Å²) in [6.07, 6.45) is 1.79. The molecule has 1 heterocycles. The second-order valence-electron chi connectivity index (χ2n) is 4.07. The van der Waals surface area contributed by atoms with Crippen LogP contribution in [0.3, 0.4) is 0 Å². The fraction of sp³-hybridized carbons (Fsp3) is 0.250. The van der Waals surface area contributed by atoms with Crippen molar-refractivity contribution < 1.29 is 5.11 Å². The van der Waals surface area contributed by atoms with Crippen LogP contribution in [-0.4, -0.2) is 14.9 Å². The van der Waals surface area contributed by atoms with Gasteiger partial charge in [0.2, 0.25) is 0 Å². The molecule has 1 unspecified atom stereocenters. The second-order valence-corrected chi connectivity index (χ2v) is 5.39. The minimum absolute atomic E-state index is 0.509. The minimum Gasteiger partial charge on any atom is -0.379 e. The van der Waals surface area contributed by atoms with E-state index in [-0.39, 0.29) is 0 Å². The summed E-state index contributed by atoms with van der Waals surface area (Å²) in [6, 6.07) is 7.17. The number of hydrogen-bond acceptors (Lipinski definition) is 2. The first kappa shape index (κ1) is 12.6. The van der Waals surface area contributed by atoms with E-state index in [2.05, 4.69) is 21.0 Å². The SMILES string of the molecule is Cn1ccc(C(C)(O)c2ccc(Br)cc2Cl)n1. The Labute approximate surface area is 113 Å². The normalized spacial score (nSPS) is 14.6. The average Bonchev–Trinajstić information content (AvgIpc) is 2.64. The number of aromatic nitrogens is 2. The first-order chi connectivity index (χ1) is 7.91. The molecule has 1 N–H and O–H groups in total. The molecular formula is C12H12BrClN2O. The van der Waals surface area contributed by atoms with Crippen LogP contribution in [-0.2, 0) is 12.6 Å². The second kappa shape index (κ2) is 4.44. The predicted octanol–water partition coefficient (Wildman–Crippen LogP) is 3.09. The Kier molecular flexibility index (Phi) is 3.30. The Balaban J connectivity index is 2.51. The van der Waals surface area contributed by atoms with E-state index in [0.717, 1.165) is 4.47 Å². The topological polar surface area (TPSA) is 38.0 Å². The molecule has 2 rings (SSSR count). The fourth-order valence-corrected chi connectivity index (χ4v) is 2.55. The molecule has 0 amide bonds. The maximum Gasteiger partial charge on any atom is 0.132 e. The molecule has 0 saturated carbocycles. The molecule has 1 aromatic carbocycles. The number of aryl methyl sites for hydroxylation is 1. The van der Waals surface area contributed by atoms with Gasteiger partial charge >= 0.3 is 0 Å². The van der Waals surface area contributed by atoms with Crippen LogP contribution in [0.1, 0.15) is 18.2 Å². The summed E-state index contributed by atoms with van der Waals surface area (Å²) in [6.45, 7) is 1.68. The Morgan fingerprint density at radius 3 is 2.65 bits per heavy atom. The van der Waals surface area contributed by atoms with Crippen molar-refractivity contribution in [1.82, 2.24) is 9.78 Å².